The van der Waals surface area contributed by atoms with Crippen LogP contribution in [0.1, 0.15) is 10.4 Å². The van der Waals surface area contributed by atoms with Gasteiger partial charge in [-0.15, -0.1) is 0 Å². The maximum absolute atomic E-state index is 11.3. The Morgan fingerprint density at radius 2 is 2.18 bits per heavy atom. The lowest BCUT2D eigenvalue weighted by atomic mass is 10.1. The van der Waals surface area contributed by atoms with Gasteiger partial charge in [-0.05, 0) is 6.07 Å². The third-order valence-electron chi connectivity index (χ3n) is 2.33. The van der Waals surface area contributed by atoms with E-state index in [1.54, 1.807) is 24.3 Å². The van der Waals surface area contributed by atoms with Crippen molar-refractivity contribution in [2.45, 2.75) is 0 Å². The maximum Gasteiger partial charge on any atom is 0.340 e. The number of fused-ring (bicyclic) bond motifs is 1. The Morgan fingerprint density at radius 1 is 1.41 bits per heavy atom. The summed E-state index contributed by atoms with van der Waals surface area (Å²) in [6.45, 7) is 0.589. The molecule has 0 spiro atoms. The minimum atomic E-state index is -1.03. The van der Waals surface area contributed by atoms with Gasteiger partial charge in [0.1, 0.15) is 12.2 Å². The summed E-state index contributed by atoms with van der Waals surface area (Å²) in [7, 11) is 0. The second kappa shape index (κ2) is 4.80. The van der Waals surface area contributed by atoms with Gasteiger partial charge >= 0.3 is 5.97 Å². The molecule has 0 unspecified atom stereocenters. The zero-order valence-corrected chi connectivity index (χ0v) is 9.09. The highest BCUT2D eigenvalue weighted by Crippen LogP contribution is 2.25. The molecule has 1 aromatic heterocycles. The number of aromatic nitrogens is 1. The second-order valence-electron chi connectivity index (χ2n) is 3.46. The molecule has 0 saturated heterocycles. The molecule has 2 aromatic rings. The topological polar surface area (TPSA) is 85.4 Å². The van der Waals surface area contributed by atoms with Crippen molar-refractivity contribution < 1.29 is 14.6 Å². The highest BCUT2D eigenvalue weighted by atomic mass is 16.5. The number of nitrogens with two attached hydrogens (primary N) is 1. The van der Waals surface area contributed by atoms with Gasteiger partial charge in [0.2, 0.25) is 0 Å². The van der Waals surface area contributed by atoms with E-state index in [4.69, 9.17) is 10.5 Å². The van der Waals surface area contributed by atoms with E-state index < -0.39 is 5.97 Å². The summed E-state index contributed by atoms with van der Waals surface area (Å²) < 4.78 is 5.29. The molecular weight excluding hydrogens is 220 g/mol. The largest absolute Gasteiger partial charge is 0.490 e. The third kappa shape index (κ3) is 2.19. The molecule has 0 fully saturated rings. The number of hydrogen-bond donors (Lipinski definition) is 2. The van der Waals surface area contributed by atoms with Gasteiger partial charge in [0.25, 0.3) is 0 Å². The Balaban J connectivity index is 2.60. The number of nitrogens with zero attached hydrogens (tertiary/aromatic N) is 1. The molecule has 0 bridgehead atoms. The van der Waals surface area contributed by atoms with E-state index in [-0.39, 0.29) is 17.9 Å². The molecule has 0 atom stereocenters. The average molecular weight is 232 g/mol. The number of aromatic carboxylic acids is 1. The number of hydrogen-bond acceptors (Lipinski definition) is 4. The molecule has 17 heavy (non-hydrogen) atoms. The minimum Gasteiger partial charge on any atom is -0.490 e. The Kier molecular flexibility index (Phi) is 3.20. The normalized spacial score (nSPS) is 10.4. The zero-order valence-electron chi connectivity index (χ0n) is 9.09. The SMILES string of the molecule is NCCOc1cnc2ccccc2c1C(=O)O. The fraction of sp³-hybridized carbons (Fsp3) is 0.167. The molecule has 1 aromatic carbocycles. The molecule has 5 heteroatoms. The van der Waals surface area contributed by atoms with E-state index >= 15 is 0 Å². The van der Waals surface area contributed by atoms with Crippen LogP contribution in [0.25, 0.3) is 10.9 Å². The molecule has 0 aliphatic carbocycles. The standard InChI is InChI=1S/C12H12N2O3/c13-5-6-17-10-7-14-9-4-2-1-3-8(9)11(10)12(15)16/h1-4,7H,5-6,13H2,(H,15,16). The molecule has 3 N–H and O–H groups in total. The lowest BCUT2D eigenvalue weighted by Gasteiger charge is -2.09. The third-order valence-corrected chi connectivity index (χ3v) is 2.33. The van der Waals surface area contributed by atoms with Crippen molar-refractivity contribution in [3.8, 4) is 5.75 Å². The number of carboxylic acid groups (broad SMARTS) is 1. The summed E-state index contributed by atoms with van der Waals surface area (Å²) in [5.41, 5.74) is 6.08. The first-order valence-electron chi connectivity index (χ1n) is 5.18. The molecule has 0 amide bonds. The fourth-order valence-electron chi connectivity index (χ4n) is 1.62. The number of benzene rings is 1. The van der Waals surface area contributed by atoms with Crippen molar-refractivity contribution in [1.82, 2.24) is 4.98 Å². The highest BCUT2D eigenvalue weighted by Gasteiger charge is 2.16. The molecule has 0 aliphatic heterocycles. The van der Waals surface area contributed by atoms with E-state index in [2.05, 4.69) is 4.98 Å². The molecule has 1 heterocycles. The number of carboxylic acids is 1. The Morgan fingerprint density at radius 3 is 2.88 bits per heavy atom. The van der Waals surface area contributed by atoms with Gasteiger partial charge in [-0.2, -0.15) is 0 Å². The van der Waals surface area contributed by atoms with Crippen molar-refractivity contribution in [2.75, 3.05) is 13.2 Å². The Labute approximate surface area is 97.8 Å². The number of carbonyl (C=O) groups is 1. The van der Waals surface area contributed by atoms with Crippen molar-refractivity contribution >= 4 is 16.9 Å². The molecule has 0 radical (unpaired) electrons. The highest BCUT2D eigenvalue weighted by molar-refractivity contribution is 6.04. The van der Waals surface area contributed by atoms with Gasteiger partial charge in [-0.25, -0.2) is 4.79 Å². The van der Waals surface area contributed by atoms with Crippen LogP contribution < -0.4 is 10.5 Å². The Hall–Kier alpha value is -2.14. The van der Waals surface area contributed by atoms with Gasteiger partial charge in [0.05, 0.1) is 11.7 Å². The van der Waals surface area contributed by atoms with Gasteiger partial charge in [-0.1, -0.05) is 18.2 Å². The van der Waals surface area contributed by atoms with E-state index in [1.807, 2.05) is 0 Å². The molecule has 2 rings (SSSR count). The van der Waals surface area contributed by atoms with Crippen molar-refractivity contribution in [2.24, 2.45) is 5.73 Å². The summed E-state index contributed by atoms with van der Waals surface area (Å²) in [6.07, 6.45) is 1.42. The van der Waals surface area contributed by atoms with Gasteiger partial charge in [0.15, 0.2) is 5.75 Å². The first-order valence-corrected chi connectivity index (χ1v) is 5.18. The van der Waals surface area contributed by atoms with E-state index in [9.17, 15) is 9.90 Å². The van der Waals surface area contributed by atoms with Crippen molar-refractivity contribution in [3.05, 3.63) is 36.0 Å². The first-order chi connectivity index (χ1) is 8.24. The molecular formula is C12H12N2O3. The van der Waals surface area contributed by atoms with Crippen LogP contribution in [0, 0.1) is 0 Å². The number of para-hydroxylation sites is 1. The Bertz CT molecular complexity index is 554. The van der Waals surface area contributed by atoms with Crippen LogP contribution in [-0.2, 0) is 0 Å². The van der Waals surface area contributed by atoms with Gasteiger partial charge < -0.3 is 15.6 Å². The summed E-state index contributed by atoms with van der Waals surface area (Å²) >= 11 is 0. The first kappa shape index (κ1) is 11.3. The fourth-order valence-corrected chi connectivity index (χ4v) is 1.62. The summed E-state index contributed by atoms with van der Waals surface area (Å²) in [4.78, 5) is 15.4. The zero-order chi connectivity index (χ0) is 12.3. The van der Waals surface area contributed by atoms with E-state index in [1.165, 1.54) is 6.20 Å². The summed E-state index contributed by atoms with van der Waals surface area (Å²) in [5.74, 6) is -0.780. The lowest BCUT2D eigenvalue weighted by molar-refractivity contribution is 0.0694. The van der Waals surface area contributed by atoms with Crippen LogP contribution in [0.15, 0.2) is 30.5 Å². The predicted octanol–water partition coefficient (Wildman–Crippen LogP) is 1.27. The lowest BCUT2D eigenvalue weighted by Crippen LogP contribution is -2.13. The van der Waals surface area contributed by atoms with Crippen LogP contribution in [0.5, 0.6) is 5.75 Å². The van der Waals surface area contributed by atoms with Crippen LogP contribution in [-0.4, -0.2) is 29.2 Å². The van der Waals surface area contributed by atoms with E-state index in [0.717, 1.165) is 0 Å². The van der Waals surface area contributed by atoms with Gasteiger partial charge in [0, 0.05) is 11.9 Å². The van der Waals surface area contributed by atoms with Crippen LogP contribution in [0.4, 0.5) is 0 Å². The second-order valence-corrected chi connectivity index (χ2v) is 3.46. The van der Waals surface area contributed by atoms with Crippen LogP contribution in [0.2, 0.25) is 0 Å². The number of ether oxygens (including phenoxy) is 1. The minimum absolute atomic E-state index is 0.129. The monoisotopic (exact) mass is 232 g/mol. The number of pyridine rings is 1. The molecule has 5 nitrogen and oxygen atoms in total. The van der Waals surface area contributed by atoms with Gasteiger partial charge in [-0.3, -0.25) is 4.98 Å². The smallest absolute Gasteiger partial charge is 0.340 e. The summed E-state index contributed by atoms with van der Waals surface area (Å²) in [5, 5.41) is 9.79. The molecule has 88 valence electrons. The molecule has 0 aliphatic rings. The van der Waals surface area contributed by atoms with E-state index in [0.29, 0.717) is 17.4 Å². The average Bonchev–Trinajstić information content (AvgIpc) is 2.35. The quantitative estimate of drug-likeness (QED) is 0.829. The van der Waals surface area contributed by atoms with Crippen LogP contribution in [0.3, 0.4) is 0 Å². The predicted molar refractivity (Wildman–Crippen MR) is 63.3 cm³/mol. The van der Waals surface area contributed by atoms with Crippen molar-refractivity contribution in [3.63, 3.8) is 0 Å². The van der Waals surface area contributed by atoms with Crippen molar-refractivity contribution in [1.29, 1.82) is 0 Å². The maximum atomic E-state index is 11.3. The summed E-state index contributed by atoms with van der Waals surface area (Å²) in [6, 6.07) is 7.04. The number of rotatable bonds is 4. The van der Waals surface area contributed by atoms with Crippen LogP contribution >= 0.6 is 0 Å². The molecule has 0 saturated carbocycles.